The Hall–Kier alpha value is -1.75. The zero-order valence-corrected chi connectivity index (χ0v) is 16.3. The van der Waals surface area contributed by atoms with Crippen LogP contribution in [0.5, 0.6) is 5.75 Å². The van der Waals surface area contributed by atoms with Crippen molar-refractivity contribution in [2.75, 3.05) is 27.3 Å². The maximum Gasteiger partial charge on any atom is 0.191 e. The van der Waals surface area contributed by atoms with Crippen molar-refractivity contribution in [3.8, 4) is 5.75 Å². The summed E-state index contributed by atoms with van der Waals surface area (Å²) >= 11 is 0. The van der Waals surface area contributed by atoms with Crippen LogP contribution in [0.1, 0.15) is 39.2 Å². The summed E-state index contributed by atoms with van der Waals surface area (Å²) in [5.74, 6) is 2.20. The predicted molar refractivity (Wildman–Crippen MR) is 103 cm³/mol. The van der Waals surface area contributed by atoms with E-state index in [0.29, 0.717) is 12.5 Å². The Labute approximate surface area is 152 Å². The van der Waals surface area contributed by atoms with Crippen molar-refractivity contribution in [3.05, 3.63) is 29.8 Å². The first-order valence-electron chi connectivity index (χ1n) is 9.13. The minimum atomic E-state index is 0.154. The van der Waals surface area contributed by atoms with E-state index in [4.69, 9.17) is 9.47 Å². The normalized spacial score (nSPS) is 21.7. The van der Waals surface area contributed by atoms with Gasteiger partial charge in [0, 0.05) is 38.2 Å². The molecule has 0 aliphatic carbocycles. The molecule has 140 valence electrons. The highest BCUT2D eigenvalue weighted by atomic mass is 16.5. The fourth-order valence-electron chi connectivity index (χ4n) is 3.49. The van der Waals surface area contributed by atoms with Crippen LogP contribution >= 0.6 is 0 Å². The molecule has 0 amide bonds. The third kappa shape index (κ3) is 5.63. The standard InChI is InChI=1S/C20H33N3O2/c1-20(2,3)18-16(10-8-12-25-18)14-23-19(21-4)22-13-15-9-6-7-11-17(15)24-5/h6-7,9,11,16,18H,8,10,12-14H2,1-5H3,(H2,21,22,23). The van der Waals surface area contributed by atoms with Crippen LogP contribution in [0.2, 0.25) is 0 Å². The molecule has 5 nitrogen and oxygen atoms in total. The number of benzene rings is 1. The van der Waals surface area contributed by atoms with Gasteiger partial charge in [-0.15, -0.1) is 0 Å². The molecule has 2 rings (SSSR count). The van der Waals surface area contributed by atoms with Crippen LogP contribution in [0.4, 0.5) is 0 Å². The number of hydrogen-bond acceptors (Lipinski definition) is 3. The fraction of sp³-hybridized carbons (Fsp3) is 0.650. The van der Waals surface area contributed by atoms with E-state index in [1.165, 1.54) is 6.42 Å². The van der Waals surface area contributed by atoms with Crippen molar-refractivity contribution in [1.29, 1.82) is 0 Å². The van der Waals surface area contributed by atoms with Gasteiger partial charge in [-0.2, -0.15) is 0 Å². The fourth-order valence-corrected chi connectivity index (χ4v) is 3.49. The Morgan fingerprint density at radius 3 is 2.72 bits per heavy atom. The summed E-state index contributed by atoms with van der Waals surface area (Å²) in [6, 6.07) is 8.03. The van der Waals surface area contributed by atoms with Crippen molar-refractivity contribution in [1.82, 2.24) is 10.6 Å². The molecule has 1 aliphatic heterocycles. The molecule has 0 spiro atoms. The molecule has 1 saturated heterocycles. The van der Waals surface area contributed by atoms with E-state index in [1.807, 2.05) is 18.2 Å². The van der Waals surface area contributed by atoms with Gasteiger partial charge in [0.2, 0.25) is 0 Å². The molecule has 1 aromatic rings. The maximum absolute atomic E-state index is 6.06. The zero-order chi connectivity index (χ0) is 18.3. The summed E-state index contributed by atoms with van der Waals surface area (Å²) in [5, 5.41) is 6.84. The lowest BCUT2D eigenvalue weighted by Crippen LogP contribution is -2.47. The summed E-state index contributed by atoms with van der Waals surface area (Å²) in [4.78, 5) is 4.34. The van der Waals surface area contributed by atoms with Crippen LogP contribution in [-0.4, -0.2) is 39.4 Å². The van der Waals surface area contributed by atoms with Gasteiger partial charge >= 0.3 is 0 Å². The second kappa shape index (κ2) is 9.09. The molecule has 1 aromatic carbocycles. The van der Waals surface area contributed by atoms with E-state index in [2.05, 4.69) is 42.5 Å². The number of nitrogens with one attached hydrogen (secondary N) is 2. The second-order valence-electron chi connectivity index (χ2n) is 7.68. The molecule has 2 unspecified atom stereocenters. The highest BCUT2D eigenvalue weighted by molar-refractivity contribution is 5.79. The van der Waals surface area contributed by atoms with Crippen LogP contribution in [0.3, 0.4) is 0 Å². The minimum absolute atomic E-state index is 0.154. The largest absolute Gasteiger partial charge is 0.496 e. The van der Waals surface area contributed by atoms with Gasteiger partial charge < -0.3 is 20.1 Å². The molecule has 5 heteroatoms. The van der Waals surface area contributed by atoms with E-state index < -0.39 is 0 Å². The van der Waals surface area contributed by atoms with Crippen LogP contribution < -0.4 is 15.4 Å². The highest BCUT2D eigenvalue weighted by Gasteiger charge is 2.35. The molecule has 0 radical (unpaired) electrons. The average Bonchev–Trinajstić information content (AvgIpc) is 2.61. The number of ether oxygens (including phenoxy) is 2. The van der Waals surface area contributed by atoms with Gasteiger partial charge in [0.15, 0.2) is 5.96 Å². The summed E-state index contributed by atoms with van der Waals surface area (Å²) in [7, 11) is 3.50. The van der Waals surface area contributed by atoms with E-state index in [0.717, 1.165) is 36.8 Å². The summed E-state index contributed by atoms with van der Waals surface area (Å²) in [6.07, 6.45) is 2.60. The van der Waals surface area contributed by atoms with Gasteiger partial charge in [-0.3, -0.25) is 4.99 Å². The van der Waals surface area contributed by atoms with Crippen molar-refractivity contribution in [2.45, 2.75) is 46.3 Å². The van der Waals surface area contributed by atoms with E-state index in [-0.39, 0.29) is 11.5 Å². The van der Waals surface area contributed by atoms with Crippen LogP contribution in [-0.2, 0) is 11.3 Å². The first-order valence-corrected chi connectivity index (χ1v) is 9.13. The van der Waals surface area contributed by atoms with Gasteiger partial charge in [0.25, 0.3) is 0 Å². The summed E-state index contributed by atoms with van der Waals surface area (Å²) < 4.78 is 11.5. The first kappa shape index (κ1) is 19.6. The second-order valence-corrected chi connectivity index (χ2v) is 7.68. The Bertz CT molecular complexity index is 566. The quantitative estimate of drug-likeness (QED) is 0.634. The maximum atomic E-state index is 6.06. The zero-order valence-electron chi connectivity index (χ0n) is 16.3. The number of aliphatic imine (C=N–C) groups is 1. The molecule has 0 saturated carbocycles. The van der Waals surface area contributed by atoms with Gasteiger partial charge in [-0.05, 0) is 24.3 Å². The SMILES string of the molecule is CN=C(NCc1ccccc1OC)NCC1CCCOC1C(C)(C)C. The first-order chi connectivity index (χ1) is 12.0. The third-order valence-electron chi connectivity index (χ3n) is 4.69. The minimum Gasteiger partial charge on any atom is -0.496 e. The Kier molecular flexibility index (Phi) is 7.12. The molecule has 0 aromatic heterocycles. The topological polar surface area (TPSA) is 54.9 Å². The van der Waals surface area contributed by atoms with E-state index >= 15 is 0 Å². The van der Waals surface area contributed by atoms with E-state index in [1.54, 1.807) is 14.2 Å². The number of nitrogens with zero attached hydrogens (tertiary/aromatic N) is 1. The lowest BCUT2D eigenvalue weighted by Gasteiger charge is -2.40. The van der Waals surface area contributed by atoms with Crippen LogP contribution in [0.25, 0.3) is 0 Å². The molecule has 1 fully saturated rings. The lowest BCUT2D eigenvalue weighted by atomic mass is 9.78. The summed E-state index contributed by atoms with van der Waals surface area (Å²) in [6.45, 7) is 9.18. The molecule has 25 heavy (non-hydrogen) atoms. The van der Waals surface area contributed by atoms with Crippen LogP contribution in [0, 0.1) is 11.3 Å². The van der Waals surface area contributed by atoms with Gasteiger partial charge in [0.1, 0.15) is 5.75 Å². The summed E-state index contributed by atoms with van der Waals surface area (Å²) in [5.41, 5.74) is 1.27. The molecular weight excluding hydrogens is 314 g/mol. The van der Waals surface area contributed by atoms with Crippen molar-refractivity contribution in [2.24, 2.45) is 16.3 Å². The molecule has 0 bridgehead atoms. The number of rotatable bonds is 5. The van der Waals surface area contributed by atoms with Crippen LogP contribution in [0.15, 0.2) is 29.3 Å². The van der Waals surface area contributed by atoms with Crippen molar-refractivity contribution >= 4 is 5.96 Å². The Balaban J connectivity index is 1.89. The average molecular weight is 348 g/mol. The highest BCUT2D eigenvalue weighted by Crippen LogP contribution is 2.33. The lowest BCUT2D eigenvalue weighted by molar-refractivity contribution is -0.0835. The van der Waals surface area contributed by atoms with Gasteiger partial charge in [0.05, 0.1) is 13.2 Å². The number of methoxy groups -OCH3 is 1. The number of para-hydroxylation sites is 1. The van der Waals surface area contributed by atoms with E-state index in [9.17, 15) is 0 Å². The molecule has 2 atom stereocenters. The van der Waals surface area contributed by atoms with Crippen molar-refractivity contribution < 1.29 is 9.47 Å². The Morgan fingerprint density at radius 1 is 1.28 bits per heavy atom. The van der Waals surface area contributed by atoms with Gasteiger partial charge in [-0.25, -0.2) is 0 Å². The molecule has 1 aliphatic rings. The molecule has 1 heterocycles. The molecular formula is C20H33N3O2. The monoisotopic (exact) mass is 347 g/mol. The predicted octanol–water partition coefficient (Wildman–Crippen LogP) is 3.20. The Morgan fingerprint density at radius 2 is 2.04 bits per heavy atom. The number of guanidine groups is 1. The molecule has 2 N–H and O–H groups in total. The van der Waals surface area contributed by atoms with Gasteiger partial charge in [-0.1, -0.05) is 39.0 Å². The third-order valence-corrected chi connectivity index (χ3v) is 4.69. The number of hydrogen-bond donors (Lipinski definition) is 2. The smallest absolute Gasteiger partial charge is 0.191 e. The van der Waals surface area contributed by atoms with Crippen molar-refractivity contribution in [3.63, 3.8) is 0 Å².